The largest absolute Gasteiger partial charge is 0.481 e. The van der Waals surface area contributed by atoms with Gasteiger partial charge in [-0.3, -0.25) is 9.78 Å². The number of likely N-dealkylation sites (tertiary alicyclic amines) is 1. The maximum absolute atomic E-state index is 14.6. The standard InChI is InChI=1S/C24H24ClFN6O3/c1-34-21-3-2-17-23(31-21)12(16(26)7-27-17)4-5-32-9-13-14(10-32)22(13)28-8-18-15(25)6-19-24(29-18)30-20(33)11-35-19/h2-3,6-7,13-14,22,28H,4-5,8-11H2,1H3,(H,29,30,33)/t13-,14+,22+. The molecule has 2 aliphatic heterocycles. The topological polar surface area (TPSA) is 102 Å². The molecule has 3 aromatic heterocycles. The summed E-state index contributed by atoms with van der Waals surface area (Å²) in [6.07, 6.45) is 1.83. The third-order valence-corrected chi connectivity index (χ3v) is 7.36. The lowest BCUT2D eigenvalue weighted by Crippen LogP contribution is -2.33. The lowest BCUT2D eigenvalue weighted by molar-refractivity contribution is -0.118. The van der Waals surface area contributed by atoms with Crippen molar-refractivity contribution in [2.24, 2.45) is 11.8 Å². The normalized spacial score (nSPS) is 22.9. The van der Waals surface area contributed by atoms with E-state index in [2.05, 4.69) is 30.5 Å². The number of halogens is 2. The Hall–Kier alpha value is -3.08. The molecule has 0 unspecified atom stereocenters. The first kappa shape index (κ1) is 22.4. The number of rotatable bonds is 7. The molecule has 0 radical (unpaired) electrons. The zero-order chi connectivity index (χ0) is 24.1. The van der Waals surface area contributed by atoms with Crippen molar-refractivity contribution in [3.63, 3.8) is 0 Å². The van der Waals surface area contributed by atoms with E-state index < -0.39 is 0 Å². The van der Waals surface area contributed by atoms with Gasteiger partial charge in [-0.2, -0.15) is 0 Å². The Balaban J connectivity index is 1.04. The molecule has 5 heterocycles. The van der Waals surface area contributed by atoms with Crippen molar-refractivity contribution in [3.05, 3.63) is 46.5 Å². The average Bonchev–Trinajstić information content (AvgIpc) is 3.31. The van der Waals surface area contributed by atoms with Gasteiger partial charge in [-0.05, 0) is 24.3 Å². The van der Waals surface area contributed by atoms with Crippen LogP contribution in [-0.2, 0) is 17.8 Å². The van der Waals surface area contributed by atoms with Crippen LogP contribution in [0.3, 0.4) is 0 Å². The van der Waals surface area contributed by atoms with Gasteiger partial charge >= 0.3 is 0 Å². The molecule has 3 aliphatic rings. The van der Waals surface area contributed by atoms with Crippen LogP contribution in [0, 0.1) is 17.7 Å². The number of amides is 1. The first-order valence-electron chi connectivity index (χ1n) is 11.6. The van der Waals surface area contributed by atoms with Gasteiger partial charge in [0.05, 0.1) is 35.1 Å². The molecule has 35 heavy (non-hydrogen) atoms. The predicted molar refractivity (Wildman–Crippen MR) is 127 cm³/mol. The summed E-state index contributed by atoms with van der Waals surface area (Å²) < 4.78 is 25.1. The van der Waals surface area contributed by atoms with Gasteiger partial charge in [0, 0.05) is 49.9 Å². The van der Waals surface area contributed by atoms with Crippen LogP contribution < -0.4 is 20.1 Å². The van der Waals surface area contributed by atoms with E-state index in [1.54, 1.807) is 25.3 Å². The molecule has 2 N–H and O–H groups in total. The molecule has 6 rings (SSSR count). The summed E-state index contributed by atoms with van der Waals surface area (Å²) in [4.78, 5) is 27.0. The molecular formula is C24H24ClFN6O3. The third kappa shape index (κ3) is 4.26. The summed E-state index contributed by atoms with van der Waals surface area (Å²) in [6, 6.07) is 5.63. The third-order valence-electron chi connectivity index (χ3n) is 7.03. The number of hydrogen-bond donors (Lipinski definition) is 2. The number of pyridine rings is 3. The maximum atomic E-state index is 14.6. The van der Waals surface area contributed by atoms with Gasteiger partial charge in [0.25, 0.3) is 5.91 Å². The molecule has 2 fully saturated rings. The molecule has 3 aromatic rings. The van der Waals surface area contributed by atoms with Crippen molar-refractivity contribution in [3.8, 4) is 11.6 Å². The van der Waals surface area contributed by atoms with Crippen molar-refractivity contribution in [2.45, 2.75) is 19.0 Å². The number of fused-ring (bicyclic) bond motifs is 3. The number of methoxy groups -OCH3 is 1. The molecule has 11 heteroatoms. The number of piperidine rings is 1. The second-order valence-electron chi connectivity index (χ2n) is 9.15. The van der Waals surface area contributed by atoms with E-state index in [9.17, 15) is 9.18 Å². The Morgan fingerprint density at radius 1 is 1.31 bits per heavy atom. The van der Waals surface area contributed by atoms with Gasteiger partial charge in [0.15, 0.2) is 18.2 Å². The smallest absolute Gasteiger partial charge is 0.263 e. The highest BCUT2D eigenvalue weighted by Crippen LogP contribution is 2.45. The number of nitrogens with zero attached hydrogens (tertiary/aromatic N) is 4. The Labute approximate surface area is 206 Å². The highest BCUT2D eigenvalue weighted by molar-refractivity contribution is 6.31. The molecule has 182 valence electrons. The molecule has 1 aliphatic carbocycles. The van der Waals surface area contributed by atoms with Crippen LogP contribution in [0.2, 0.25) is 5.02 Å². The van der Waals surface area contributed by atoms with E-state index in [4.69, 9.17) is 21.1 Å². The van der Waals surface area contributed by atoms with Crippen LogP contribution in [0.5, 0.6) is 11.6 Å². The number of nitrogens with one attached hydrogen (secondary N) is 2. The van der Waals surface area contributed by atoms with Gasteiger partial charge in [0.2, 0.25) is 5.88 Å². The minimum absolute atomic E-state index is 0.0285. The fourth-order valence-corrected chi connectivity index (χ4v) is 5.37. The van der Waals surface area contributed by atoms with Gasteiger partial charge in [-0.15, -0.1) is 0 Å². The quantitative estimate of drug-likeness (QED) is 0.512. The zero-order valence-corrected chi connectivity index (χ0v) is 19.8. The van der Waals surface area contributed by atoms with Gasteiger partial charge in [0.1, 0.15) is 5.82 Å². The molecular weight excluding hydrogens is 475 g/mol. The second kappa shape index (κ2) is 8.85. The molecule has 1 saturated carbocycles. The van der Waals surface area contributed by atoms with Crippen LogP contribution in [0.4, 0.5) is 10.2 Å². The molecule has 0 bridgehead atoms. The number of ether oxygens (including phenoxy) is 2. The van der Waals surface area contributed by atoms with Crippen molar-refractivity contribution in [2.75, 3.05) is 38.7 Å². The van der Waals surface area contributed by atoms with E-state index in [-0.39, 0.29) is 18.3 Å². The molecule has 3 atom stereocenters. The van der Waals surface area contributed by atoms with Crippen LogP contribution in [0.15, 0.2) is 24.4 Å². The molecule has 9 nitrogen and oxygen atoms in total. The van der Waals surface area contributed by atoms with Crippen molar-refractivity contribution in [1.82, 2.24) is 25.2 Å². The monoisotopic (exact) mass is 498 g/mol. The minimum Gasteiger partial charge on any atom is -0.481 e. The first-order valence-corrected chi connectivity index (χ1v) is 11.9. The Morgan fingerprint density at radius 3 is 2.94 bits per heavy atom. The summed E-state index contributed by atoms with van der Waals surface area (Å²) in [5.41, 5.74) is 2.48. The Kier molecular flexibility index (Phi) is 5.66. The first-order chi connectivity index (χ1) is 17.0. The van der Waals surface area contributed by atoms with E-state index >= 15 is 0 Å². The molecule has 0 aromatic carbocycles. The van der Waals surface area contributed by atoms with E-state index in [1.807, 2.05) is 0 Å². The highest BCUT2D eigenvalue weighted by atomic mass is 35.5. The van der Waals surface area contributed by atoms with Crippen molar-refractivity contribution < 1.29 is 18.7 Å². The number of hydrogen-bond acceptors (Lipinski definition) is 8. The van der Waals surface area contributed by atoms with Crippen molar-refractivity contribution in [1.29, 1.82) is 0 Å². The average molecular weight is 499 g/mol. The summed E-state index contributed by atoms with van der Waals surface area (Å²) in [5.74, 6) is 1.89. The van der Waals surface area contributed by atoms with Crippen LogP contribution in [0.1, 0.15) is 11.3 Å². The number of carbonyl (C=O) groups excluding carboxylic acids is 1. The van der Waals surface area contributed by atoms with Crippen molar-refractivity contribution >= 4 is 34.4 Å². The molecule has 1 saturated heterocycles. The summed E-state index contributed by atoms with van der Waals surface area (Å²) >= 11 is 6.37. The van der Waals surface area contributed by atoms with Gasteiger partial charge in [-0.1, -0.05) is 11.6 Å². The van der Waals surface area contributed by atoms with Crippen LogP contribution >= 0.6 is 11.6 Å². The van der Waals surface area contributed by atoms with Gasteiger partial charge in [-0.25, -0.2) is 14.4 Å². The lowest BCUT2D eigenvalue weighted by Gasteiger charge is -2.21. The van der Waals surface area contributed by atoms with Crippen LogP contribution in [0.25, 0.3) is 11.0 Å². The van der Waals surface area contributed by atoms with Gasteiger partial charge < -0.3 is 25.0 Å². The summed E-state index contributed by atoms with van der Waals surface area (Å²) in [6.45, 7) is 3.16. The lowest BCUT2D eigenvalue weighted by atomic mass is 10.1. The summed E-state index contributed by atoms with van der Waals surface area (Å²) in [5, 5.41) is 6.78. The Morgan fingerprint density at radius 2 is 2.14 bits per heavy atom. The fraction of sp³-hybridized carbons (Fsp3) is 0.417. The second-order valence-corrected chi connectivity index (χ2v) is 9.56. The zero-order valence-electron chi connectivity index (χ0n) is 19.1. The fourth-order valence-electron chi connectivity index (χ4n) is 5.16. The number of aromatic nitrogens is 3. The maximum Gasteiger partial charge on any atom is 0.263 e. The van der Waals surface area contributed by atoms with Crippen LogP contribution in [-0.4, -0.2) is 65.2 Å². The molecule has 0 spiro atoms. The van der Waals surface area contributed by atoms with E-state index in [0.717, 1.165) is 19.6 Å². The SMILES string of the molecule is COc1ccc2ncc(F)c(CCN3C[C@@H]4[C@H](C3)[C@H]4NCc3nc4c(cc3Cl)OCC(=O)N4)c2n1. The minimum atomic E-state index is -0.335. The number of carbonyl (C=O) groups is 1. The predicted octanol–water partition coefficient (Wildman–Crippen LogP) is 2.42. The Bertz CT molecular complexity index is 1310. The number of anilines is 1. The van der Waals surface area contributed by atoms with E-state index in [0.29, 0.717) is 75.6 Å². The van der Waals surface area contributed by atoms with E-state index in [1.165, 1.54) is 6.20 Å². The highest BCUT2D eigenvalue weighted by Gasteiger charge is 2.55. The summed E-state index contributed by atoms with van der Waals surface area (Å²) in [7, 11) is 1.55. The molecule has 1 amide bonds.